The summed E-state index contributed by atoms with van der Waals surface area (Å²) in [6.45, 7) is 0. The molecule has 0 unspecified atom stereocenters. The first-order valence-electron chi connectivity index (χ1n) is 3.69. The number of rotatable bonds is 2. The third kappa shape index (κ3) is 2.15. The lowest BCUT2D eigenvalue weighted by Crippen LogP contribution is -2.59. The fraction of sp³-hybridized carbons (Fsp3) is 0.833. The summed E-state index contributed by atoms with van der Waals surface area (Å²) in [5, 5.41) is 36.3. The Kier molecular flexibility index (Phi) is 4.04. The highest BCUT2D eigenvalue weighted by Crippen LogP contribution is 2.23. The number of aliphatic hydroxyl groups excluding tert-OH is 3. The van der Waals surface area contributed by atoms with Crippen LogP contribution in [0.4, 0.5) is 0 Å². The van der Waals surface area contributed by atoms with Crippen molar-refractivity contribution in [2.24, 2.45) is 0 Å². The second-order valence-corrected chi connectivity index (χ2v) is 3.33. The van der Waals surface area contributed by atoms with E-state index in [0.717, 1.165) is 0 Å². The SMILES string of the molecule is O=C(O)[C@H]1O[C@@H](OI)[C@H](O)[C@@H](O)[C@@H]1O. The van der Waals surface area contributed by atoms with Gasteiger partial charge in [-0.25, -0.2) is 4.79 Å². The Labute approximate surface area is 92.9 Å². The smallest absolute Gasteiger partial charge is 0.335 e. The Hall–Kier alpha value is -0.000000000000000125. The first-order valence-corrected chi connectivity index (χ1v) is 4.57. The van der Waals surface area contributed by atoms with Crippen LogP contribution >= 0.6 is 23.0 Å². The highest BCUT2D eigenvalue weighted by molar-refractivity contribution is 14.1. The maximum absolute atomic E-state index is 10.5. The number of hydrogen-bond acceptors (Lipinski definition) is 6. The highest BCUT2D eigenvalue weighted by atomic mass is 127. The van der Waals surface area contributed by atoms with Gasteiger partial charge in [-0.3, -0.25) is 3.07 Å². The lowest BCUT2D eigenvalue weighted by molar-refractivity contribution is -0.263. The lowest BCUT2D eigenvalue weighted by Gasteiger charge is -2.37. The lowest BCUT2D eigenvalue weighted by atomic mass is 9.99. The quantitative estimate of drug-likeness (QED) is 0.446. The van der Waals surface area contributed by atoms with E-state index in [4.69, 9.17) is 9.84 Å². The Bertz CT molecular complexity index is 220. The van der Waals surface area contributed by atoms with Crippen LogP contribution in [-0.4, -0.2) is 57.1 Å². The Balaban J connectivity index is 2.78. The van der Waals surface area contributed by atoms with Crippen molar-refractivity contribution in [3.63, 3.8) is 0 Å². The molecule has 82 valence electrons. The van der Waals surface area contributed by atoms with Crippen LogP contribution in [0.1, 0.15) is 0 Å². The average molecular weight is 320 g/mol. The van der Waals surface area contributed by atoms with Crippen LogP contribution in [0.15, 0.2) is 0 Å². The van der Waals surface area contributed by atoms with Gasteiger partial charge in [0.2, 0.25) is 0 Å². The minimum absolute atomic E-state index is 1.27. The summed E-state index contributed by atoms with van der Waals surface area (Å²) in [7, 11) is 0. The van der Waals surface area contributed by atoms with Crippen molar-refractivity contribution in [2.45, 2.75) is 30.7 Å². The molecule has 5 atom stereocenters. The van der Waals surface area contributed by atoms with E-state index < -0.39 is 36.7 Å². The average Bonchev–Trinajstić information content (AvgIpc) is 2.14. The van der Waals surface area contributed by atoms with Gasteiger partial charge in [-0.05, 0) is 0 Å². The largest absolute Gasteiger partial charge is 0.479 e. The number of carboxylic acids is 1. The molecule has 1 heterocycles. The van der Waals surface area contributed by atoms with E-state index in [9.17, 15) is 20.1 Å². The van der Waals surface area contributed by atoms with Crippen molar-refractivity contribution < 1.29 is 33.0 Å². The van der Waals surface area contributed by atoms with Crippen molar-refractivity contribution in [1.82, 2.24) is 0 Å². The van der Waals surface area contributed by atoms with Gasteiger partial charge in [-0.2, -0.15) is 0 Å². The third-order valence-corrected chi connectivity index (χ3v) is 2.40. The first-order chi connectivity index (χ1) is 6.49. The molecule has 0 aromatic rings. The van der Waals surface area contributed by atoms with Gasteiger partial charge in [0.25, 0.3) is 0 Å². The van der Waals surface area contributed by atoms with Crippen molar-refractivity contribution in [1.29, 1.82) is 0 Å². The molecule has 1 rings (SSSR count). The van der Waals surface area contributed by atoms with Crippen LogP contribution in [0.5, 0.6) is 0 Å². The number of aliphatic carboxylic acids is 1. The molecular weight excluding hydrogens is 311 g/mol. The molecule has 0 bridgehead atoms. The number of carboxylic acid groups (broad SMARTS) is 1. The van der Waals surface area contributed by atoms with E-state index in [1.54, 1.807) is 0 Å². The summed E-state index contributed by atoms with van der Waals surface area (Å²) in [6.07, 6.45) is -7.63. The Morgan fingerprint density at radius 1 is 1.21 bits per heavy atom. The molecule has 1 saturated heterocycles. The molecule has 0 saturated carbocycles. The topological polar surface area (TPSA) is 116 Å². The predicted octanol–water partition coefficient (Wildman–Crippen LogP) is -1.75. The Morgan fingerprint density at radius 2 is 1.79 bits per heavy atom. The van der Waals surface area contributed by atoms with E-state index in [0.29, 0.717) is 0 Å². The van der Waals surface area contributed by atoms with E-state index in [-0.39, 0.29) is 0 Å². The molecule has 1 aliphatic rings. The molecule has 1 aliphatic heterocycles. The summed E-state index contributed by atoms with van der Waals surface area (Å²) < 4.78 is 9.27. The Morgan fingerprint density at radius 3 is 2.21 bits per heavy atom. The second-order valence-electron chi connectivity index (χ2n) is 2.82. The van der Waals surface area contributed by atoms with E-state index in [1.165, 1.54) is 23.0 Å². The third-order valence-electron chi connectivity index (χ3n) is 1.90. The van der Waals surface area contributed by atoms with Gasteiger partial charge in [0.05, 0.1) is 0 Å². The van der Waals surface area contributed by atoms with Crippen molar-refractivity contribution in [3.8, 4) is 0 Å². The molecule has 0 spiro atoms. The predicted molar refractivity (Wildman–Crippen MR) is 49.4 cm³/mol. The standard InChI is InChI=1S/C6H9IO7/c7-14-6-3(10)1(8)2(9)4(13-6)5(11)12/h1-4,6,8-10H,(H,11,12)/t1-,2-,3+,4-,6-/m0/s1. The van der Waals surface area contributed by atoms with E-state index >= 15 is 0 Å². The fourth-order valence-electron chi connectivity index (χ4n) is 1.13. The molecule has 7 nitrogen and oxygen atoms in total. The summed E-state index contributed by atoms with van der Waals surface area (Å²) >= 11 is 1.40. The van der Waals surface area contributed by atoms with Gasteiger partial charge in [-0.15, -0.1) is 0 Å². The minimum Gasteiger partial charge on any atom is -0.479 e. The molecular formula is C6H9IO7. The monoisotopic (exact) mass is 320 g/mol. The van der Waals surface area contributed by atoms with Crippen LogP contribution in [0.25, 0.3) is 0 Å². The van der Waals surface area contributed by atoms with Gasteiger partial charge < -0.3 is 25.2 Å². The summed E-state index contributed by atoms with van der Waals surface area (Å²) in [5.41, 5.74) is 0. The van der Waals surface area contributed by atoms with Gasteiger partial charge in [-0.1, -0.05) is 0 Å². The molecule has 0 aliphatic carbocycles. The van der Waals surface area contributed by atoms with Crippen molar-refractivity contribution >= 4 is 29.0 Å². The van der Waals surface area contributed by atoms with Crippen LogP contribution in [0.3, 0.4) is 0 Å². The number of carbonyl (C=O) groups is 1. The molecule has 0 amide bonds. The maximum atomic E-state index is 10.5. The van der Waals surface area contributed by atoms with Crippen molar-refractivity contribution in [3.05, 3.63) is 0 Å². The van der Waals surface area contributed by atoms with Crippen molar-refractivity contribution in [2.75, 3.05) is 0 Å². The van der Waals surface area contributed by atoms with E-state index in [2.05, 4.69) is 3.07 Å². The van der Waals surface area contributed by atoms with Crippen LogP contribution in [0.2, 0.25) is 0 Å². The highest BCUT2D eigenvalue weighted by Gasteiger charge is 2.47. The molecule has 14 heavy (non-hydrogen) atoms. The van der Waals surface area contributed by atoms with Gasteiger partial charge in [0, 0.05) is 0 Å². The second kappa shape index (κ2) is 4.68. The zero-order valence-electron chi connectivity index (χ0n) is 6.78. The molecule has 0 radical (unpaired) electrons. The zero-order valence-corrected chi connectivity index (χ0v) is 8.94. The number of aliphatic hydroxyl groups is 3. The zero-order chi connectivity index (χ0) is 10.9. The van der Waals surface area contributed by atoms with Crippen LogP contribution < -0.4 is 0 Å². The number of ether oxygens (including phenoxy) is 1. The van der Waals surface area contributed by atoms with Crippen LogP contribution in [-0.2, 0) is 12.6 Å². The minimum atomic E-state index is -1.68. The number of halogens is 1. The fourth-order valence-corrected chi connectivity index (χ4v) is 1.55. The molecule has 8 heteroatoms. The summed E-state index contributed by atoms with van der Waals surface area (Å²) in [5.74, 6) is -1.43. The van der Waals surface area contributed by atoms with Gasteiger partial charge >= 0.3 is 5.97 Å². The van der Waals surface area contributed by atoms with Gasteiger partial charge in [0.15, 0.2) is 12.4 Å². The summed E-state index contributed by atoms with van der Waals surface area (Å²) in [4.78, 5) is 10.5. The molecule has 0 aromatic heterocycles. The van der Waals surface area contributed by atoms with E-state index in [1.807, 2.05) is 0 Å². The van der Waals surface area contributed by atoms with Crippen LogP contribution in [0, 0.1) is 0 Å². The summed E-state index contributed by atoms with van der Waals surface area (Å²) in [6, 6.07) is 0. The van der Waals surface area contributed by atoms with Gasteiger partial charge in [0.1, 0.15) is 41.3 Å². The normalized spacial score (nSPS) is 43.6. The first kappa shape index (κ1) is 12.1. The molecule has 4 N–H and O–H groups in total. The molecule has 0 aromatic carbocycles. The molecule has 1 fully saturated rings. The maximum Gasteiger partial charge on any atom is 0.335 e. The number of hydrogen-bond donors (Lipinski definition) is 4.